The van der Waals surface area contributed by atoms with Crippen molar-refractivity contribution in [2.45, 2.75) is 32.7 Å². The molecule has 6 heteroatoms. The molecule has 0 aliphatic heterocycles. The van der Waals surface area contributed by atoms with Gasteiger partial charge in [-0.25, -0.2) is 0 Å². The van der Waals surface area contributed by atoms with Crippen molar-refractivity contribution in [3.05, 3.63) is 0 Å². The highest BCUT2D eigenvalue weighted by molar-refractivity contribution is 7.85. The number of hydrogen-bond donors (Lipinski definition) is 1. The number of nitrogens with zero attached hydrogens (tertiary/aromatic N) is 1. The second-order valence-corrected chi connectivity index (χ2v) is 5.50. The smallest absolute Gasteiger partial charge is 0.264 e. The average molecular weight is 253 g/mol. The lowest BCUT2D eigenvalue weighted by atomic mass is 10.2. The van der Waals surface area contributed by atoms with Crippen LogP contribution in [0.15, 0.2) is 0 Å². The summed E-state index contributed by atoms with van der Waals surface area (Å²) in [5.74, 6) is -0.174. The van der Waals surface area contributed by atoms with Crippen molar-refractivity contribution in [3.63, 3.8) is 0 Å². The molecule has 0 saturated heterocycles. The highest BCUT2D eigenvalue weighted by atomic mass is 32.2. The van der Waals surface area contributed by atoms with Gasteiger partial charge in [-0.1, -0.05) is 6.92 Å². The molecule has 0 aliphatic rings. The summed E-state index contributed by atoms with van der Waals surface area (Å²) in [4.78, 5) is 2.18. The molecular weight excluding hydrogens is 230 g/mol. The summed E-state index contributed by atoms with van der Waals surface area (Å²) in [7, 11) is -2.18. The molecule has 0 aromatic carbocycles. The van der Waals surface area contributed by atoms with E-state index in [9.17, 15) is 8.42 Å². The van der Waals surface area contributed by atoms with Gasteiger partial charge in [0.15, 0.2) is 0 Å². The number of ether oxygens (including phenoxy) is 1. The van der Waals surface area contributed by atoms with Crippen molar-refractivity contribution in [2.75, 3.05) is 32.6 Å². The van der Waals surface area contributed by atoms with Gasteiger partial charge in [0.2, 0.25) is 0 Å². The zero-order valence-electron chi connectivity index (χ0n) is 10.3. The van der Waals surface area contributed by atoms with E-state index in [1.54, 1.807) is 7.11 Å². The van der Waals surface area contributed by atoms with E-state index in [0.29, 0.717) is 25.6 Å². The third-order valence-corrected chi connectivity index (χ3v) is 3.45. The zero-order chi connectivity index (χ0) is 12.6. The van der Waals surface area contributed by atoms with E-state index in [2.05, 4.69) is 18.7 Å². The first-order chi connectivity index (χ1) is 7.40. The summed E-state index contributed by atoms with van der Waals surface area (Å²) < 4.78 is 34.8. The molecule has 0 heterocycles. The maximum atomic E-state index is 10.6. The SMILES string of the molecule is CCC(C)N(CCCS(=O)(=O)O)CCOC. The Bertz CT molecular complexity index is 266. The fourth-order valence-corrected chi connectivity index (χ4v) is 1.96. The summed E-state index contributed by atoms with van der Waals surface area (Å²) in [6.07, 6.45) is 1.46. The standard InChI is InChI=1S/C10H23NO4S/c1-4-10(2)11(7-8-15-3)6-5-9-16(12,13)14/h10H,4-9H2,1-3H3,(H,12,13,14). The van der Waals surface area contributed by atoms with Gasteiger partial charge in [-0.3, -0.25) is 9.45 Å². The molecule has 0 saturated carbocycles. The van der Waals surface area contributed by atoms with Crippen molar-refractivity contribution < 1.29 is 17.7 Å². The maximum absolute atomic E-state index is 10.6. The van der Waals surface area contributed by atoms with Crippen molar-refractivity contribution in [1.82, 2.24) is 4.90 Å². The van der Waals surface area contributed by atoms with E-state index in [-0.39, 0.29) is 5.75 Å². The van der Waals surface area contributed by atoms with Crippen LogP contribution in [-0.2, 0) is 14.9 Å². The summed E-state index contributed by atoms with van der Waals surface area (Å²) >= 11 is 0. The van der Waals surface area contributed by atoms with Crippen LogP contribution in [0.3, 0.4) is 0 Å². The van der Waals surface area contributed by atoms with Crippen molar-refractivity contribution in [2.24, 2.45) is 0 Å². The molecule has 1 unspecified atom stereocenters. The third-order valence-electron chi connectivity index (χ3n) is 2.64. The highest BCUT2D eigenvalue weighted by Crippen LogP contribution is 2.04. The van der Waals surface area contributed by atoms with Gasteiger partial charge in [0, 0.05) is 19.7 Å². The summed E-state index contributed by atoms with van der Waals surface area (Å²) in [5.41, 5.74) is 0. The number of hydrogen-bond acceptors (Lipinski definition) is 4. The van der Waals surface area contributed by atoms with E-state index < -0.39 is 10.1 Å². The number of methoxy groups -OCH3 is 1. The van der Waals surface area contributed by atoms with Crippen LogP contribution in [0.25, 0.3) is 0 Å². The molecule has 0 radical (unpaired) electrons. The molecule has 1 N–H and O–H groups in total. The lowest BCUT2D eigenvalue weighted by Crippen LogP contribution is -2.36. The summed E-state index contributed by atoms with van der Waals surface area (Å²) in [6.45, 7) is 6.28. The van der Waals surface area contributed by atoms with Gasteiger partial charge in [0.25, 0.3) is 10.1 Å². The van der Waals surface area contributed by atoms with E-state index in [1.165, 1.54) is 0 Å². The minimum absolute atomic E-state index is 0.174. The van der Waals surface area contributed by atoms with Crippen LogP contribution in [0.2, 0.25) is 0 Å². The second-order valence-electron chi connectivity index (χ2n) is 3.93. The van der Waals surface area contributed by atoms with Gasteiger partial charge in [-0.05, 0) is 26.3 Å². The van der Waals surface area contributed by atoms with Gasteiger partial charge in [0.05, 0.1) is 12.4 Å². The predicted molar refractivity (Wildman–Crippen MR) is 64.2 cm³/mol. The van der Waals surface area contributed by atoms with Gasteiger partial charge in [-0.2, -0.15) is 8.42 Å². The quantitative estimate of drug-likeness (QED) is 0.621. The Hall–Kier alpha value is -0.170. The summed E-state index contributed by atoms with van der Waals surface area (Å²) in [6, 6.07) is 0.400. The van der Waals surface area contributed by atoms with E-state index >= 15 is 0 Å². The zero-order valence-corrected chi connectivity index (χ0v) is 11.2. The van der Waals surface area contributed by atoms with E-state index in [4.69, 9.17) is 9.29 Å². The fourth-order valence-electron chi connectivity index (χ4n) is 1.47. The largest absolute Gasteiger partial charge is 0.383 e. The van der Waals surface area contributed by atoms with Crippen molar-refractivity contribution in [1.29, 1.82) is 0 Å². The molecule has 0 aliphatic carbocycles. The molecule has 0 aromatic heterocycles. The molecule has 0 spiro atoms. The number of rotatable bonds is 9. The van der Waals surface area contributed by atoms with Crippen LogP contribution in [0.1, 0.15) is 26.7 Å². The minimum atomic E-state index is -3.83. The molecule has 0 aromatic rings. The van der Waals surface area contributed by atoms with Gasteiger partial charge in [0.1, 0.15) is 0 Å². The van der Waals surface area contributed by atoms with Crippen LogP contribution in [0.5, 0.6) is 0 Å². The predicted octanol–water partition coefficient (Wildman–Crippen LogP) is 1.01. The maximum Gasteiger partial charge on any atom is 0.264 e. The Kier molecular flexibility index (Phi) is 7.91. The topological polar surface area (TPSA) is 66.8 Å². The molecular formula is C10H23NO4S. The lowest BCUT2D eigenvalue weighted by Gasteiger charge is -2.27. The van der Waals surface area contributed by atoms with E-state index in [1.807, 2.05) is 0 Å². The Morgan fingerprint density at radius 2 is 2.00 bits per heavy atom. The van der Waals surface area contributed by atoms with Crippen LogP contribution in [0, 0.1) is 0 Å². The molecule has 0 bridgehead atoms. The van der Waals surface area contributed by atoms with Gasteiger partial charge < -0.3 is 4.74 Å². The molecule has 5 nitrogen and oxygen atoms in total. The molecule has 98 valence electrons. The first-order valence-corrected chi connectivity index (χ1v) is 7.19. The normalized spacial score (nSPS) is 14.3. The van der Waals surface area contributed by atoms with Gasteiger partial charge >= 0.3 is 0 Å². The molecule has 16 heavy (non-hydrogen) atoms. The molecule has 0 fully saturated rings. The van der Waals surface area contributed by atoms with Crippen molar-refractivity contribution >= 4 is 10.1 Å². The van der Waals surface area contributed by atoms with Gasteiger partial charge in [-0.15, -0.1) is 0 Å². The Balaban J connectivity index is 4.01. The van der Waals surface area contributed by atoms with Crippen molar-refractivity contribution in [3.8, 4) is 0 Å². The average Bonchev–Trinajstić information content (AvgIpc) is 2.20. The summed E-state index contributed by atoms with van der Waals surface area (Å²) in [5, 5.41) is 0. The Labute approximate surface area is 98.5 Å². The van der Waals surface area contributed by atoms with Crippen LogP contribution < -0.4 is 0 Å². The monoisotopic (exact) mass is 253 g/mol. The fraction of sp³-hybridized carbons (Fsp3) is 1.00. The first-order valence-electron chi connectivity index (χ1n) is 5.58. The van der Waals surface area contributed by atoms with Crippen LogP contribution in [-0.4, -0.2) is 56.5 Å². The Morgan fingerprint density at radius 1 is 1.38 bits per heavy atom. The van der Waals surface area contributed by atoms with Crippen LogP contribution in [0.4, 0.5) is 0 Å². The Morgan fingerprint density at radius 3 is 2.44 bits per heavy atom. The third kappa shape index (κ3) is 8.04. The second kappa shape index (κ2) is 8.00. The van der Waals surface area contributed by atoms with Crippen LogP contribution >= 0.6 is 0 Å². The first kappa shape index (κ1) is 15.8. The molecule has 0 rings (SSSR count). The van der Waals surface area contributed by atoms with E-state index in [0.717, 1.165) is 13.0 Å². The minimum Gasteiger partial charge on any atom is -0.383 e. The lowest BCUT2D eigenvalue weighted by molar-refractivity contribution is 0.123. The highest BCUT2D eigenvalue weighted by Gasteiger charge is 2.13. The molecule has 1 atom stereocenters. The molecule has 0 amide bonds.